The monoisotopic (exact) mass is 409 g/mol. The van der Waals surface area contributed by atoms with Crippen LogP contribution in [0, 0.1) is 18.6 Å². The van der Waals surface area contributed by atoms with Crippen molar-refractivity contribution in [1.82, 2.24) is 4.90 Å². The summed E-state index contributed by atoms with van der Waals surface area (Å²) in [4.78, 5) is 14.0. The Kier molecular flexibility index (Phi) is 6.20. The van der Waals surface area contributed by atoms with E-state index in [1.807, 2.05) is 13.0 Å². The molecule has 0 bridgehead atoms. The van der Waals surface area contributed by atoms with Gasteiger partial charge in [0.2, 0.25) is 0 Å². The van der Waals surface area contributed by atoms with Gasteiger partial charge in [-0.15, -0.1) is 0 Å². The standard InChI is InChI=1S/C21H22ClF2NO3/c1-14-3-5-17(22)19(11-14)28-13-21(27)7-2-9-25(10-8-21)20(26)16-12-15(23)4-6-18(16)24/h3-6,11-12,27H,2,7-10,13H2,1H3. The number of halogens is 3. The largest absolute Gasteiger partial charge is 0.489 e. The smallest absolute Gasteiger partial charge is 0.256 e. The van der Waals surface area contributed by atoms with Crippen LogP contribution in [0.25, 0.3) is 0 Å². The Hall–Kier alpha value is -2.18. The highest BCUT2D eigenvalue weighted by Crippen LogP contribution is 2.29. The molecule has 2 aromatic rings. The van der Waals surface area contributed by atoms with E-state index in [1.165, 1.54) is 4.90 Å². The Morgan fingerprint density at radius 3 is 2.79 bits per heavy atom. The van der Waals surface area contributed by atoms with Crippen LogP contribution < -0.4 is 4.74 Å². The second-order valence-electron chi connectivity index (χ2n) is 7.22. The van der Waals surface area contributed by atoms with E-state index in [0.717, 1.165) is 23.8 Å². The van der Waals surface area contributed by atoms with Crippen molar-refractivity contribution in [1.29, 1.82) is 0 Å². The van der Waals surface area contributed by atoms with Crippen molar-refractivity contribution in [3.05, 3.63) is 64.2 Å². The van der Waals surface area contributed by atoms with Crippen LogP contribution in [0.15, 0.2) is 36.4 Å². The summed E-state index contributed by atoms with van der Waals surface area (Å²) in [7, 11) is 0. The van der Waals surface area contributed by atoms with Crippen molar-refractivity contribution in [3.63, 3.8) is 0 Å². The molecule has 0 aliphatic carbocycles. The lowest BCUT2D eigenvalue weighted by Gasteiger charge is -2.27. The van der Waals surface area contributed by atoms with Gasteiger partial charge in [0, 0.05) is 13.1 Å². The highest BCUT2D eigenvalue weighted by atomic mass is 35.5. The molecule has 4 nitrogen and oxygen atoms in total. The van der Waals surface area contributed by atoms with Gasteiger partial charge in [0.15, 0.2) is 0 Å². The first-order valence-corrected chi connectivity index (χ1v) is 9.51. The Morgan fingerprint density at radius 2 is 2.00 bits per heavy atom. The number of likely N-dealkylation sites (tertiary alicyclic amines) is 1. The summed E-state index contributed by atoms with van der Waals surface area (Å²) in [5.41, 5.74) is -0.447. The molecule has 1 amide bonds. The zero-order chi connectivity index (χ0) is 20.3. The highest BCUT2D eigenvalue weighted by molar-refractivity contribution is 6.32. The first kappa shape index (κ1) is 20.6. The predicted molar refractivity (Wildman–Crippen MR) is 103 cm³/mol. The van der Waals surface area contributed by atoms with Gasteiger partial charge in [0.25, 0.3) is 5.91 Å². The topological polar surface area (TPSA) is 49.8 Å². The van der Waals surface area contributed by atoms with Crippen molar-refractivity contribution in [3.8, 4) is 5.75 Å². The molecular formula is C21H22ClF2NO3. The molecule has 1 saturated heterocycles. The Balaban J connectivity index is 1.65. The molecule has 1 N–H and O–H groups in total. The number of aryl methyl sites for hydroxylation is 1. The molecule has 1 heterocycles. The van der Waals surface area contributed by atoms with Crippen LogP contribution in [0.3, 0.4) is 0 Å². The number of amides is 1. The lowest BCUT2D eigenvalue weighted by molar-refractivity contribution is -0.0163. The van der Waals surface area contributed by atoms with Gasteiger partial charge in [-0.1, -0.05) is 17.7 Å². The van der Waals surface area contributed by atoms with Crippen LogP contribution in [0.1, 0.15) is 35.2 Å². The summed E-state index contributed by atoms with van der Waals surface area (Å²) in [6.45, 7) is 2.52. The molecule has 7 heteroatoms. The van der Waals surface area contributed by atoms with Crippen LogP contribution >= 0.6 is 11.6 Å². The number of aliphatic hydroxyl groups is 1. The van der Waals surface area contributed by atoms with Gasteiger partial charge in [-0.2, -0.15) is 0 Å². The molecule has 0 aromatic heterocycles. The van der Waals surface area contributed by atoms with E-state index >= 15 is 0 Å². The molecule has 3 rings (SSSR count). The van der Waals surface area contributed by atoms with Crippen molar-refractivity contribution in [2.75, 3.05) is 19.7 Å². The fourth-order valence-electron chi connectivity index (χ4n) is 3.29. The molecule has 1 aliphatic heterocycles. The van der Waals surface area contributed by atoms with Crippen molar-refractivity contribution < 1.29 is 23.4 Å². The fraction of sp³-hybridized carbons (Fsp3) is 0.381. The first-order valence-electron chi connectivity index (χ1n) is 9.13. The molecule has 0 saturated carbocycles. The first-order chi connectivity index (χ1) is 13.3. The predicted octanol–water partition coefficient (Wildman–Crippen LogP) is 4.36. The third-order valence-corrected chi connectivity index (χ3v) is 5.26. The molecule has 2 aromatic carbocycles. The number of hydrogen-bond donors (Lipinski definition) is 1. The minimum absolute atomic E-state index is 0.0343. The molecule has 1 unspecified atom stereocenters. The summed E-state index contributed by atoms with van der Waals surface area (Å²) in [6, 6.07) is 8.21. The maximum absolute atomic E-state index is 13.9. The zero-order valence-electron chi connectivity index (χ0n) is 15.6. The lowest BCUT2D eigenvalue weighted by atomic mass is 9.96. The Labute approximate surface area is 167 Å². The van der Waals surface area contributed by atoms with Crippen molar-refractivity contribution in [2.45, 2.75) is 31.8 Å². The van der Waals surface area contributed by atoms with Gasteiger partial charge < -0.3 is 14.7 Å². The number of carbonyl (C=O) groups is 1. The van der Waals surface area contributed by atoms with E-state index in [9.17, 15) is 18.7 Å². The van der Waals surface area contributed by atoms with Crippen LogP contribution in [0.4, 0.5) is 8.78 Å². The summed E-state index contributed by atoms with van der Waals surface area (Å²) < 4.78 is 33.0. The van der Waals surface area contributed by atoms with Gasteiger partial charge in [0.1, 0.15) is 29.6 Å². The molecule has 28 heavy (non-hydrogen) atoms. The van der Waals surface area contributed by atoms with Gasteiger partial charge in [-0.25, -0.2) is 8.78 Å². The summed E-state index contributed by atoms with van der Waals surface area (Å²) >= 11 is 6.13. The van der Waals surface area contributed by atoms with Crippen LogP contribution in [-0.2, 0) is 0 Å². The van der Waals surface area contributed by atoms with E-state index in [0.29, 0.717) is 30.2 Å². The fourth-order valence-corrected chi connectivity index (χ4v) is 3.46. The molecule has 1 fully saturated rings. The van der Waals surface area contributed by atoms with Gasteiger partial charge in [-0.05, 0) is 62.1 Å². The molecular weight excluding hydrogens is 388 g/mol. The second-order valence-corrected chi connectivity index (χ2v) is 7.62. The van der Waals surface area contributed by atoms with Crippen LogP contribution in [-0.4, -0.2) is 41.2 Å². The molecule has 1 atom stereocenters. The molecule has 0 spiro atoms. The molecule has 1 aliphatic rings. The second kappa shape index (κ2) is 8.45. The number of rotatable bonds is 4. The van der Waals surface area contributed by atoms with E-state index in [2.05, 4.69) is 0 Å². The molecule has 0 radical (unpaired) electrons. The SMILES string of the molecule is Cc1ccc(Cl)c(OCC2(O)CCCN(C(=O)c3cc(F)ccc3F)CC2)c1. The van der Waals surface area contributed by atoms with E-state index in [4.69, 9.17) is 16.3 Å². The average Bonchev–Trinajstić information content (AvgIpc) is 2.86. The summed E-state index contributed by atoms with van der Waals surface area (Å²) in [5.74, 6) is -1.51. The summed E-state index contributed by atoms with van der Waals surface area (Å²) in [5, 5.41) is 11.4. The lowest BCUT2D eigenvalue weighted by Crippen LogP contribution is -2.38. The minimum Gasteiger partial charge on any atom is -0.489 e. The van der Waals surface area contributed by atoms with Gasteiger partial charge >= 0.3 is 0 Å². The van der Waals surface area contributed by atoms with Crippen LogP contribution in [0.2, 0.25) is 5.02 Å². The number of nitrogens with zero attached hydrogens (tertiary/aromatic N) is 1. The van der Waals surface area contributed by atoms with Gasteiger partial charge in [0.05, 0.1) is 10.6 Å². The maximum Gasteiger partial charge on any atom is 0.256 e. The molecule has 150 valence electrons. The van der Waals surface area contributed by atoms with Crippen LogP contribution in [0.5, 0.6) is 5.75 Å². The van der Waals surface area contributed by atoms with Crippen molar-refractivity contribution >= 4 is 17.5 Å². The number of carbonyl (C=O) groups excluding carboxylic acids is 1. The zero-order valence-corrected chi connectivity index (χ0v) is 16.3. The maximum atomic E-state index is 13.9. The van der Waals surface area contributed by atoms with Crippen molar-refractivity contribution in [2.24, 2.45) is 0 Å². The number of hydrogen-bond acceptors (Lipinski definition) is 3. The summed E-state index contributed by atoms with van der Waals surface area (Å²) in [6.07, 6.45) is 1.20. The average molecular weight is 410 g/mol. The van der Waals surface area contributed by atoms with E-state index < -0.39 is 23.1 Å². The van der Waals surface area contributed by atoms with E-state index in [-0.39, 0.29) is 25.1 Å². The van der Waals surface area contributed by atoms with Gasteiger partial charge in [-0.3, -0.25) is 4.79 Å². The number of ether oxygens (including phenoxy) is 1. The minimum atomic E-state index is -1.14. The Morgan fingerprint density at radius 1 is 1.21 bits per heavy atom. The normalized spacial score (nSPS) is 20.0. The highest BCUT2D eigenvalue weighted by Gasteiger charge is 2.33. The number of benzene rings is 2. The quantitative estimate of drug-likeness (QED) is 0.816. The third-order valence-electron chi connectivity index (χ3n) is 4.95. The Bertz CT molecular complexity index is 877. The third kappa shape index (κ3) is 4.80. The van der Waals surface area contributed by atoms with E-state index in [1.54, 1.807) is 12.1 Å².